The van der Waals surface area contributed by atoms with Crippen molar-refractivity contribution in [3.63, 3.8) is 0 Å². The molecule has 0 aromatic heterocycles. The first kappa shape index (κ1) is 16.3. The standard InChI is InChI=1S/C19H22N2O3/c1-20(2)19(22)18(15-7-5-4-6-8-15)21(3)12-14-9-10-16-17(11-14)24-13-23-16/h4-11,18H,12-13H2,1-3H3. The second-order valence-electron chi connectivity index (χ2n) is 6.15. The molecule has 0 saturated carbocycles. The molecule has 1 amide bonds. The lowest BCUT2D eigenvalue weighted by atomic mass is 10.0. The van der Waals surface area contributed by atoms with Crippen LogP contribution in [0.25, 0.3) is 0 Å². The van der Waals surface area contributed by atoms with E-state index in [1.54, 1.807) is 19.0 Å². The molecular formula is C19H22N2O3. The topological polar surface area (TPSA) is 42.0 Å². The Morgan fingerprint density at radius 1 is 1.04 bits per heavy atom. The van der Waals surface area contributed by atoms with Crippen LogP contribution in [0.3, 0.4) is 0 Å². The van der Waals surface area contributed by atoms with E-state index in [4.69, 9.17) is 9.47 Å². The van der Waals surface area contributed by atoms with Crippen LogP contribution >= 0.6 is 0 Å². The second kappa shape index (κ2) is 6.93. The van der Waals surface area contributed by atoms with Crippen LogP contribution in [-0.4, -0.2) is 43.6 Å². The Labute approximate surface area is 142 Å². The van der Waals surface area contributed by atoms with Crippen molar-refractivity contribution in [2.24, 2.45) is 0 Å². The zero-order valence-corrected chi connectivity index (χ0v) is 14.2. The molecule has 1 heterocycles. The summed E-state index contributed by atoms with van der Waals surface area (Å²) >= 11 is 0. The minimum Gasteiger partial charge on any atom is -0.454 e. The van der Waals surface area contributed by atoms with Gasteiger partial charge in [-0.3, -0.25) is 9.69 Å². The van der Waals surface area contributed by atoms with Crippen LogP contribution < -0.4 is 9.47 Å². The fourth-order valence-electron chi connectivity index (χ4n) is 2.88. The number of nitrogens with zero attached hydrogens (tertiary/aromatic N) is 2. The van der Waals surface area contributed by atoms with Crippen LogP contribution in [0.2, 0.25) is 0 Å². The molecular weight excluding hydrogens is 304 g/mol. The van der Waals surface area contributed by atoms with Crippen molar-refractivity contribution in [3.8, 4) is 11.5 Å². The summed E-state index contributed by atoms with van der Waals surface area (Å²) in [5, 5.41) is 0. The molecule has 5 heteroatoms. The molecule has 0 aliphatic carbocycles. The van der Waals surface area contributed by atoms with Crippen molar-refractivity contribution in [3.05, 3.63) is 59.7 Å². The van der Waals surface area contributed by atoms with Crippen molar-refractivity contribution in [1.29, 1.82) is 0 Å². The molecule has 0 N–H and O–H groups in total. The number of ether oxygens (including phenoxy) is 2. The first-order chi connectivity index (χ1) is 11.6. The third-order valence-corrected chi connectivity index (χ3v) is 4.10. The maximum absolute atomic E-state index is 12.7. The highest BCUT2D eigenvalue weighted by Crippen LogP contribution is 2.33. The Bertz CT molecular complexity index is 716. The highest BCUT2D eigenvalue weighted by molar-refractivity contribution is 5.82. The number of carbonyl (C=O) groups excluding carboxylic acids is 1. The molecule has 1 atom stereocenters. The number of fused-ring (bicyclic) bond motifs is 1. The summed E-state index contributed by atoms with van der Waals surface area (Å²) < 4.78 is 10.8. The Morgan fingerprint density at radius 3 is 2.46 bits per heavy atom. The lowest BCUT2D eigenvalue weighted by molar-refractivity contribution is -0.134. The average molecular weight is 326 g/mol. The number of amides is 1. The Hall–Kier alpha value is -2.53. The first-order valence-corrected chi connectivity index (χ1v) is 7.91. The molecule has 24 heavy (non-hydrogen) atoms. The number of likely N-dealkylation sites (N-methyl/N-ethyl adjacent to an activating group) is 2. The van der Waals surface area contributed by atoms with Gasteiger partial charge in [0.2, 0.25) is 12.7 Å². The summed E-state index contributed by atoms with van der Waals surface area (Å²) in [5.41, 5.74) is 2.06. The van der Waals surface area contributed by atoms with Crippen LogP contribution in [0.15, 0.2) is 48.5 Å². The number of hydrogen-bond acceptors (Lipinski definition) is 4. The third-order valence-electron chi connectivity index (χ3n) is 4.10. The molecule has 0 radical (unpaired) electrons. The Kier molecular flexibility index (Phi) is 4.71. The van der Waals surface area contributed by atoms with Crippen molar-refractivity contribution < 1.29 is 14.3 Å². The zero-order chi connectivity index (χ0) is 17.1. The maximum atomic E-state index is 12.7. The molecule has 2 aromatic rings. The van der Waals surface area contributed by atoms with Crippen LogP contribution in [0, 0.1) is 0 Å². The van der Waals surface area contributed by atoms with Gasteiger partial charge in [-0.15, -0.1) is 0 Å². The van der Waals surface area contributed by atoms with Gasteiger partial charge in [0.25, 0.3) is 0 Å². The summed E-state index contributed by atoms with van der Waals surface area (Å²) in [7, 11) is 5.53. The number of hydrogen-bond donors (Lipinski definition) is 0. The van der Waals surface area contributed by atoms with Gasteiger partial charge in [-0.25, -0.2) is 0 Å². The molecule has 0 bridgehead atoms. The van der Waals surface area contributed by atoms with E-state index in [-0.39, 0.29) is 18.7 Å². The SMILES string of the molecule is CN(C)C(=O)C(c1ccccc1)N(C)Cc1ccc2c(c1)OCO2. The van der Waals surface area contributed by atoms with E-state index in [2.05, 4.69) is 4.90 Å². The summed E-state index contributed by atoms with van der Waals surface area (Å²) in [5.74, 6) is 1.59. The number of carbonyl (C=O) groups is 1. The molecule has 0 saturated heterocycles. The molecule has 3 rings (SSSR count). The van der Waals surface area contributed by atoms with Gasteiger partial charge in [-0.1, -0.05) is 36.4 Å². The monoisotopic (exact) mass is 326 g/mol. The van der Waals surface area contributed by atoms with Crippen molar-refractivity contribution in [2.45, 2.75) is 12.6 Å². The van der Waals surface area contributed by atoms with E-state index in [9.17, 15) is 4.79 Å². The predicted octanol–water partition coefficient (Wildman–Crippen LogP) is 2.68. The van der Waals surface area contributed by atoms with Gasteiger partial charge in [-0.2, -0.15) is 0 Å². The van der Waals surface area contributed by atoms with Crippen LogP contribution in [0.5, 0.6) is 11.5 Å². The quantitative estimate of drug-likeness (QED) is 0.847. The van der Waals surface area contributed by atoms with E-state index in [1.165, 1.54) is 0 Å². The van der Waals surface area contributed by atoms with Crippen LogP contribution in [0.1, 0.15) is 17.2 Å². The van der Waals surface area contributed by atoms with Gasteiger partial charge >= 0.3 is 0 Å². The van der Waals surface area contributed by atoms with Gasteiger partial charge in [-0.05, 0) is 30.3 Å². The largest absolute Gasteiger partial charge is 0.454 e. The molecule has 2 aromatic carbocycles. The summed E-state index contributed by atoms with van der Waals surface area (Å²) in [4.78, 5) is 16.4. The Balaban J connectivity index is 1.83. The van der Waals surface area contributed by atoms with E-state index in [1.807, 2.05) is 55.6 Å². The number of benzene rings is 2. The van der Waals surface area contributed by atoms with Gasteiger partial charge in [0.15, 0.2) is 11.5 Å². The lowest BCUT2D eigenvalue weighted by Gasteiger charge is -2.29. The predicted molar refractivity (Wildman–Crippen MR) is 91.9 cm³/mol. The van der Waals surface area contributed by atoms with Crippen molar-refractivity contribution in [2.75, 3.05) is 27.9 Å². The van der Waals surface area contributed by atoms with Gasteiger partial charge in [0.05, 0.1) is 0 Å². The minimum atomic E-state index is -0.327. The molecule has 5 nitrogen and oxygen atoms in total. The van der Waals surface area contributed by atoms with Gasteiger partial charge in [0.1, 0.15) is 6.04 Å². The third kappa shape index (κ3) is 3.36. The summed E-state index contributed by atoms with van der Waals surface area (Å²) in [6.45, 7) is 0.899. The molecule has 1 unspecified atom stereocenters. The molecule has 0 fully saturated rings. The van der Waals surface area contributed by atoms with Gasteiger partial charge < -0.3 is 14.4 Å². The molecule has 126 valence electrons. The summed E-state index contributed by atoms with van der Waals surface area (Å²) in [6.07, 6.45) is 0. The number of rotatable bonds is 5. The minimum absolute atomic E-state index is 0.0597. The van der Waals surface area contributed by atoms with E-state index < -0.39 is 0 Å². The molecule has 1 aliphatic heterocycles. The van der Waals surface area contributed by atoms with Crippen molar-refractivity contribution >= 4 is 5.91 Å². The van der Waals surface area contributed by atoms with Crippen LogP contribution in [0.4, 0.5) is 0 Å². The van der Waals surface area contributed by atoms with E-state index in [0.717, 1.165) is 22.6 Å². The molecule has 1 aliphatic rings. The average Bonchev–Trinajstić information content (AvgIpc) is 3.03. The van der Waals surface area contributed by atoms with E-state index >= 15 is 0 Å². The summed E-state index contributed by atoms with van der Waals surface area (Å²) in [6, 6.07) is 15.4. The first-order valence-electron chi connectivity index (χ1n) is 7.91. The second-order valence-corrected chi connectivity index (χ2v) is 6.15. The van der Waals surface area contributed by atoms with Gasteiger partial charge in [0, 0.05) is 20.6 Å². The highest BCUT2D eigenvalue weighted by atomic mass is 16.7. The maximum Gasteiger partial charge on any atom is 0.244 e. The van der Waals surface area contributed by atoms with Crippen LogP contribution in [-0.2, 0) is 11.3 Å². The smallest absolute Gasteiger partial charge is 0.244 e. The normalized spacial score (nSPS) is 13.8. The Morgan fingerprint density at radius 2 is 1.75 bits per heavy atom. The highest BCUT2D eigenvalue weighted by Gasteiger charge is 2.27. The fraction of sp³-hybridized carbons (Fsp3) is 0.316. The molecule has 0 spiro atoms. The van der Waals surface area contributed by atoms with Crippen molar-refractivity contribution in [1.82, 2.24) is 9.80 Å². The lowest BCUT2D eigenvalue weighted by Crippen LogP contribution is -2.37. The fourth-order valence-corrected chi connectivity index (χ4v) is 2.88. The van der Waals surface area contributed by atoms with E-state index in [0.29, 0.717) is 6.54 Å². The zero-order valence-electron chi connectivity index (χ0n) is 14.2.